The van der Waals surface area contributed by atoms with Crippen LogP contribution in [-0.4, -0.2) is 37.0 Å². The molecule has 4 heteroatoms. The van der Waals surface area contributed by atoms with Crippen LogP contribution in [0.15, 0.2) is 24.3 Å². The van der Waals surface area contributed by atoms with Crippen molar-refractivity contribution < 1.29 is 4.79 Å². The lowest BCUT2D eigenvalue weighted by molar-refractivity contribution is -0.129. The summed E-state index contributed by atoms with van der Waals surface area (Å²) in [7, 11) is 1.83. The number of hydrogen-bond donors (Lipinski definition) is 1. The largest absolute Gasteiger partial charge is 0.344 e. The molecule has 1 aromatic carbocycles. The van der Waals surface area contributed by atoms with Crippen LogP contribution in [0, 0.1) is 0 Å². The second kappa shape index (κ2) is 7.39. The van der Waals surface area contributed by atoms with Crippen LogP contribution >= 0.6 is 11.6 Å². The standard InChI is InChI=1S/C14H21ClN2O/c1-11(2)16-10-14(18)17(3)9-8-12-4-6-13(15)7-5-12/h4-7,11,16H,8-10H2,1-3H3. The van der Waals surface area contributed by atoms with Crippen molar-refractivity contribution in [3.63, 3.8) is 0 Å². The minimum Gasteiger partial charge on any atom is -0.344 e. The molecule has 0 atom stereocenters. The molecule has 18 heavy (non-hydrogen) atoms. The van der Waals surface area contributed by atoms with Gasteiger partial charge >= 0.3 is 0 Å². The number of likely N-dealkylation sites (N-methyl/N-ethyl adjacent to an activating group) is 1. The number of carbonyl (C=O) groups is 1. The zero-order valence-electron chi connectivity index (χ0n) is 11.2. The van der Waals surface area contributed by atoms with Gasteiger partial charge in [0.2, 0.25) is 5.91 Å². The van der Waals surface area contributed by atoms with Crippen LogP contribution in [0.5, 0.6) is 0 Å². The SMILES string of the molecule is CC(C)NCC(=O)N(C)CCc1ccc(Cl)cc1. The molecule has 0 saturated carbocycles. The Bertz CT molecular complexity index is 376. The number of carbonyl (C=O) groups excluding carboxylic acids is 1. The van der Waals surface area contributed by atoms with E-state index in [2.05, 4.69) is 5.32 Å². The van der Waals surface area contributed by atoms with E-state index in [1.165, 1.54) is 5.56 Å². The van der Waals surface area contributed by atoms with Gasteiger partial charge in [-0.3, -0.25) is 4.79 Å². The van der Waals surface area contributed by atoms with Crippen LogP contribution < -0.4 is 5.32 Å². The van der Waals surface area contributed by atoms with E-state index in [9.17, 15) is 4.79 Å². The van der Waals surface area contributed by atoms with Crippen molar-refractivity contribution in [2.45, 2.75) is 26.3 Å². The van der Waals surface area contributed by atoms with Gasteiger partial charge in [-0.25, -0.2) is 0 Å². The maximum Gasteiger partial charge on any atom is 0.236 e. The molecule has 0 aromatic heterocycles. The van der Waals surface area contributed by atoms with Gasteiger partial charge in [-0.05, 0) is 24.1 Å². The van der Waals surface area contributed by atoms with E-state index in [0.717, 1.165) is 18.0 Å². The van der Waals surface area contributed by atoms with Crippen LogP contribution in [0.3, 0.4) is 0 Å². The third-order valence-corrected chi connectivity index (χ3v) is 2.99. The van der Waals surface area contributed by atoms with Gasteiger partial charge in [-0.2, -0.15) is 0 Å². The first-order valence-corrected chi connectivity index (χ1v) is 6.58. The minimum atomic E-state index is 0.123. The van der Waals surface area contributed by atoms with Crippen LogP contribution in [0.1, 0.15) is 19.4 Å². The molecule has 0 aliphatic rings. The summed E-state index contributed by atoms with van der Waals surface area (Å²) in [6.45, 7) is 5.18. The van der Waals surface area contributed by atoms with Gasteiger partial charge in [0.15, 0.2) is 0 Å². The van der Waals surface area contributed by atoms with Crippen molar-refractivity contribution >= 4 is 17.5 Å². The predicted molar refractivity (Wildman–Crippen MR) is 75.9 cm³/mol. The highest BCUT2D eigenvalue weighted by atomic mass is 35.5. The number of rotatable bonds is 6. The zero-order chi connectivity index (χ0) is 13.5. The van der Waals surface area contributed by atoms with E-state index in [-0.39, 0.29) is 5.91 Å². The molecule has 0 aliphatic heterocycles. The van der Waals surface area contributed by atoms with Gasteiger partial charge < -0.3 is 10.2 Å². The molecule has 100 valence electrons. The molecule has 0 saturated heterocycles. The Hall–Kier alpha value is -1.06. The Balaban J connectivity index is 2.34. The molecule has 1 aromatic rings. The molecule has 0 bridgehead atoms. The first-order valence-electron chi connectivity index (χ1n) is 6.21. The molecule has 0 radical (unpaired) electrons. The van der Waals surface area contributed by atoms with Crippen molar-refractivity contribution in [1.82, 2.24) is 10.2 Å². The molecule has 0 aliphatic carbocycles. The van der Waals surface area contributed by atoms with Gasteiger partial charge in [0, 0.05) is 24.7 Å². The van der Waals surface area contributed by atoms with E-state index in [1.807, 2.05) is 45.2 Å². The fraction of sp³-hybridized carbons (Fsp3) is 0.500. The summed E-state index contributed by atoms with van der Waals surface area (Å²) >= 11 is 5.82. The summed E-state index contributed by atoms with van der Waals surface area (Å²) in [5.74, 6) is 0.123. The minimum absolute atomic E-state index is 0.123. The average Bonchev–Trinajstić information content (AvgIpc) is 2.34. The molecule has 1 N–H and O–H groups in total. The molecule has 3 nitrogen and oxygen atoms in total. The third kappa shape index (κ3) is 5.52. The Morgan fingerprint density at radius 2 is 1.94 bits per heavy atom. The fourth-order valence-electron chi connectivity index (χ4n) is 1.50. The highest BCUT2D eigenvalue weighted by Crippen LogP contribution is 2.10. The summed E-state index contributed by atoms with van der Waals surface area (Å²) in [6, 6.07) is 8.07. The normalized spacial score (nSPS) is 10.7. The molecular formula is C14H21ClN2O. The van der Waals surface area contributed by atoms with Gasteiger partial charge in [0.1, 0.15) is 0 Å². The number of halogens is 1. The molecule has 0 fully saturated rings. The number of nitrogens with one attached hydrogen (secondary N) is 1. The summed E-state index contributed by atoms with van der Waals surface area (Å²) in [6.07, 6.45) is 0.848. The maximum atomic E-state index is 11.8. The van der Waals surface area contributed by atoms with Crippen molar-refractivity contribution in [2.75, 3.05) is 20.1 Å². The van der Waals surface area contributed by atoms with Crippen molar-refractivity contribution in [3.05, 3.63) is 34.9 Å². The second-order valence-corrected chi connectivity index (χ2v) is 5.16. The van der Waals surface area contributed by atoms with Crippen LogP contribution in [0.25, 0.3) is 0 Å². The number of hydrogen-bond acceptors (Lipinski definition) is 2. The lowest BCUT2D eigenvalue weighted by Crippen LogP contribution is -2.38. The third-order valence-electron chi connectivity index (χ3n) is 2.74. The number of benzene rings is 1. The van der Waals surface area contributed by atoms with E-state index in [4.69, 9.17) is 11.6 Å². The Morgan fingerprint density at radius 1 is 1.33 bits per heavy atom. The van der Waals surface area contributed by atoms with Gasteiger partial charge in [-0.1, -0.05) is 37.6 Å². The Labute approximate surface area is 114 Å². The van der Waals surface area contributed by atoms with Crippen LogP contribution in [0.4, 0.5) is 0 Å². The zero-order valence-corrected chi connectivity index (χ0v) is 12.0. The van der Waals surface area contributed by atoms with Crippen molar-refractivity contribution in [2.24, 2.45) is 0 Å². The van der Waals surface area contributed by atoms with E-state index < -0.39 is 0 Å². The lowest BCUT2D eigenvalue weighted by atomic mass is 10.1. The quantitative estimate of drug-likeness (QED) is 0.859. The van der Waals surface area contributed by atoms with Gasteiger partial charge in [-0.15, -0.1) is 0 Å². The number of nitrogens with zero attached hydrogens (tertiary/aromatic N) is 1. The fourth-order valence-corrected chi connectivity index (χ4v) is 1.62. The van der Waals surface area contributed by atoms with Gasteiger partial charge in [0.05, 0.1) is 6.54 Å². The summed E-state index contributed by atoms with van der Waals surface area (Å²) in [4.78, 5) is 13.5. The molecule has 0 heterocycles. The first kappa shape index (κ1) is 15.0. The monoisotopic (exact) mass is 268 g/mol. The summed E-state index contributed by atoms with van der Waals surface area (Å²) in [5, 5.41) is 3.86. The Kier molecular flexibility index (Phi) is 6.16. The Morgan fingerprint density at radius 3 is 2.50 bits per heavy atom. The van der Waals surface area contributed by atoms with Crippen molar-refractivity contribution in [1.29, 1.82) is 0 Å². The van der Waals surface area contributed by atoms with E-state index in [0.29, 0.717) is 12.6 Å². The molecular weight excluding hydrogens is 248 g/mol. The maximum absolute atomic E-state index is 11.8. The molecule has 1 rings (SSSR count). The van der Waals surface area contributed by atoms with E-state index in [1.54, 1.807) is 4.90 Å². The molecule has 0 unspecified atom stereocenters. The van der Waals surface area contributed by atoms with Gasteiger partial charge in [0.25, 0.3) is 0 Å². The highest BCUT2D eigenvalue weighted by Gasteiger charge is 2.08. The lowest BCUT2D eigenvalue weighted by Gasteiger charge is -2.18. The molecule has 0 spiro atoms. The predicted octanol–water partition coefficient (Wildman–Crippen LogP) is 2.34. The summed E-state index contributed by atoms with van der Waals surface area (Å²) in [5.41, 5.74) is 1.19. The smallest absolute Gasteiger partial charge is 0.236 e. The molecule has 1 amide bonds. The van der Waals surface area contributed by atoms with Crippen molar-refractivity contribution in [3.8, 4) is 0 Å². The summed E-state index contributed by atoms with van der Waals surface area (Å²) < 4.78 is 0. The first-order chi connectivity index (χ1) is 8.49. The number of amides is 1. The average molecular weight is 269 g/mol. The van der Waals surface area contributed by atoms with Crippen LogP contribution in [-0.2, 0) is 11.2 Å². The highest BCUT2D eigenvalue weighted by molar-refractivity contribution is 6.30. The topological polar surface area (TPSA) is 32.3 Å². The van der Waals surface area contributed by atoms with E-state index >= 15 is 0 Å². The van der Waals surface area contributed by atoms with Crippen LogP contribution in [0.2, 0.25) is 5.02 Å². The second-order valence-electron chi connectivity index (χ2n) is 4.73.